The van der Waals surface area contributed by atoms with Crippen LogP contribution >= 0.6 is 11.6 Å². The van der Waals surface area contributed by atoms with E-state index >= 15 is 0 Å². The summed E-state index contributed by atoms with van der Waals surface area (Å²) < 4.78 is 16.3. The highest BCUT2D eigenvalue weighted by molar-refractivity contribution is 6.30. The number of carbonyl (C=O) groups is 2. The highest BCUT2D eigenvalue weighted by Crippen LogP contribution is 2.41. The number of ether oxygens (including phenoxy) is 3. The standard InChI is InChI=1S/C26H26ClNO6/c1-16-20(24(29)30)21(18-12-7-13-19(27)15-18)22(23(28-16)26(32-2)33-3)25(31)34-14-8-11-17-9-5-4-6-10-17/h4-13,15,20-21,26H,14H2,1-3H3,(H,29,30)/b11-8+. The summed E-state index contributed by atoms with van der Waals surface area (Å²) in [5.41, 5.74) is 2.04. The number of halogens is 1. The Morgan fingerprint density at radius 3 is 2.44 bits per heavy atom. The molecule has 0 fully saturated rings. The van der Waals surface area contributed by atoms with Crippen molar-refractivity contribution in [3.8, 4) is 0 Å². The lowest BCUT2D eigenvalue weighted by Gasteiger charge is -2.32. The number of benzene rings is 2. The second-order valence-corrected chi connectivity index (χ2v) is 8.05. The molecule has 0 spiro atoms. The van der Waals surface area contributed by atoms with Gasteiger partial charge in [-0.15, -0.1) is 0 Å². The third kappa shape index (κ3) is 5.80. The van der Waals surface area contributed by atoms with Crippen LogP contribution in [0.5, 0.6) is 0 Å². The van der Waals surface area contributed by atoms with Gasteiger partial charge < -0.3 is 19.3 Å². The molecule has 2 atom stereocenters. The fourth-order valence-electron chi connectivity index (χ4n) is 3.95. The molecule has 8 heteroatoms. The van der Waals surface area contributed by atoms with Crippen LogP contribution in [0.15, 0.2) is 76.9 Å². The van der Waals surface area contributed by atoms with Crippen LogP contribution in [0.3, 0.4) is 0 Å². The lowest BCUT2D eigenvalue weighted by molar-refractivity contribution is -0.141. The van der Waals surface area contributed by atoms with Crippen molar-refractivity contribution in [3.05, 3.63) is 88.1 Å². The maximum atomic E-state index is 13.4. The van der Waals surface area contributed by atoms with Crippen LogP contribution in [-0.2, 0) is 23.8 Å². The largest absolute Gasteiger partial charge is 0.481 e. The third-order valence-electron chi connectivity index (χ3n) is 5.43. The van der Waals surface area contributed by atoms with Crippen molar-refractivity contribution in [1.29, 1.82) is 0 Å². The van der Waals surface area contributed by atoms with Crippen LogP contribution in [0, 0.1) is 5.92 Å². The van der Waals surface area contributed by atoms with Gasteiger partial charge in [-0.3, -0.25) is 9.79 Å². The van der Waals surface area contributed by atoms with Crippen LogP contribution in [0.4, 0.5) is 0 Å². The van der Waals surface area contributed by atoms with Gasteiger partial charge in [0.05, 0.1) is 5.57 Å². The van der Waals surface area contributed by atoms with E-state index in [-0.39, 0.29) is 17.9 Å². The van der Waals surface area contributed by atoms with Crippen LogP contribution < -0.4 is 0 Å². The Morgan fingerprint density at radius 2 is 1.82 bits per heavy atom. The molecule has 2 unspecified atom stereocenters. The molecular formula is C26H26ClNO6. The summed E-state index contributed by atoms with van der Waals surface area (Å²) in [5.74, 6) is -3.83. The first kappa shape index (κ1) is 25.4. The third-order valence-corrected chi connectivity index (χ3v) is 5.67. The van der Waals surface area contributed by atoms with E-state index in [1.54, 1.807) is 37.3 Å². The smallest absolute Gasteiger partial charge is 0.337 e. The van der Waals surface area contributed by atoms with Gasteiger partial charge in [0, 0.05) is 30.9 Å². The molecule has 178 valence electrons. The van der Waals surface area contributed by atoms with Crippen LogP contribution in [-0.4, -0.2) is 49.9 Å². The molecular weight excluding hydrogens is 458 g/mol. The molecule has 1 N–H and O–H groups in total. The highest BCUT2D eigenvalue weighted by Gasteiger charge is 2.44. The van der Waals surface area contributed by atoms with E-state index in [1.807, 2.05) is 36.4 Å². The Balaban J connectivity index is 2.04. The summed E-state index contributed by atoms with van der Waals surface area (Å²) in [5, 5.41) is 10.4. The minimum atomic E-state index is -1.12. The molecule has 7 nitrogen and oxygen atoms in total. The molecule has 0 saturated carbocycles. The molecule has 0 aliphatic carbocycles. The first-order valence-corrected chi connectivity index (χ1v) is 11.0. The lowest BCUT2D eigenvalue weighted by atomic mass is 9.75. The lowest BCUT2D eigenvalue weighted by Crippen LogP contribution is -2.38. The van der Waals surface area contributed by atoms with Crippen molar-refractivity contribution >= 4 is 35.3 Å². The van der Waals surface area contributed by atoms with Gasteiger partial charge >= 0.3 is 11.9 Å². The Morgan fingerprint density at radius 1 is 1.12 bits per heavy atom. The first-order valence-electron chi connectivity index (χ1n) is 10.6. The molecule has 1 aliphatic heterocycles. The van der Waals surface area contributed by atoms with E-state index in [1.165, 1.54) is 14.2 Å². The quantitative estimate of drug-likeness (QED) is 0.409. The SMILES string of the molecule is COC(OC)C1=C(C(=O)OC/C=C/c2ccccc2)C(c2cccc(Cl)c2)C(C(=O)O)C(C)=N1. The van der Waals surface area contributed by atoms with Crippen molar-refractivity contribution in [1.82, 2.24) is 0 Å². The van der Waals surface area contributed by atoms with Gasteiger partial charge in [-0.1, -0.05) is 60.1 Å². The number of nitrogens with zero attached hydrogens (tertiary/aromatic N) is 1. The zero-order valence-electron chi connectivity index (χ0n) is 19.1. The number of hydrogen-bond acceptors (Lipinski definition) is 6. The normalized spacial score (nSPS) is 18.3. The van der Waals surface area contributed by atoms with Crippen molar-refractivity contribution in [3.63, 3.8) is 0 Å². The van der Waals surface area contributed by atoms with E-state index in [4.69, 9.17) is 25.8 Å². The average molecular weight is 484 g/mol. The first-order chi connectivity index (χ1) is 16.4. The highest BCUT2D eigenvalue weighted by atomic mass is 35.5. The molecule has 0 bridgehead atoms. The van der Waals surface area contributed by atoms with E-state index in [0.717, 1.165) is 5.56 Å². The molecule has 2 aromatic carbocycles. The summed E-state index contributed by atoms with van der Waals surface area (Å²) >= 11 is 6.20. The number of carbonyl (C=O) groups excluding carboxylic acids is 1. The summed E-state index contributed by atoms with van der Waals surface area (Å²) in [6.07, 6.45) is 2.54. The monoisotopic (exact) mass is 483 g/mol. The molecule has 0 aromatic heterocycles. The van der Waals surface area contributed by atoms with Crippen LogP contribution in [0.1, 0.15) is 24.0 Å². The van der Waals surface area contributed by atoms with Gasteiger partial charge in [0.25, 0.3) is 0 Å². The van der Waals surface area contributed by atoms with Gasteiger partial charge in [-0.05, 0) is 36.3 Å². The van der Waals surface area contributed by atoms with Crippen molar-refractivity contribution in [2.75, 3.05) is 20.8 Å². The molecule has 0 radical (unpaired) electrons. The molecule has 1 heterocycles. The molecule has 1 aliphatic rings. The van der Waals surface area contributed by atoms with E-state index in [9.17, 15) is 14.7 Å². The second-order valence-electron chi connectivity index (χ2n) is 7.62. The summed E-state index contributed by atoms with van der Waals surface area (Å²) in [6.45, 7) is 1.58. The number of carboxylic acids is 1. The number of aliphatic carboxylic acids is 1. The van der Waals surface area contributed by atoms with Crippen LogP contribution in [0.2, 0.25) is 5.02 Å². The fourth-order valence-corrected chi connectivity index (χ4v) is 4.15. The number of methoxy groups -OCH3 is 2. The van der Waals surface area contributed by atoms with Crippen molar-refractivity contribution in [2.24, 2.45) is 10.9 Å². The van der Waals surface area contributed by atoms with Gasteiger partial charge in [0.2, 0.25) is 6.29 Å². The molecule has 34 heavy (non-hydrogen) atoms. The maximum Gasteiger partial charge on any atom is 0.337 e. The average Bonchev–Trinajstić information content (AvgIpc) is 2.82. The van der Waals surface area contributed by atoms with E-state index < -0.39 is 30.1 Å². The fraction of sp³-hybridized carbons (Fsp3) is 0.269. The van der Waals surface area contributed by atoms with Gasteiger partial charge in [-0.2, -0.15) is 0 Å². The molecule has 2 aromatic rings. The molecule has 0 saturated heterocycles. The number of aliphatic imine (C=N–C) groups is 1. The summed E-state index contributed by atoms with van der Waals surface area (Å²) in [6, 6.07) is 16.3. The molecule has 3 rings (SSSR count). The molecule has 0 amide bonds. The number of hydrogen-bond donors (Lipinski definition) is 1. The van der Waals surface area contributed by atoms with Gasteiger partial charge in [-0.25, -0.2) is 4.79 Å². The van der Waals surface area contributed by atoms with Crippen LogP contribution in [0.25, 0.3) is 6.08 Å². The second kappa shape index (κ2) is 11.7. The topological polar surface area (TPSA) is 94.4 Å². The minimum absolute atomic E-state index is 0.0160. The summed E-state index contributed by atoms with van der Waals surface area (Å²) in [7, 11) is 2.82. The minimum Gasteiger partial charge on any atom is -0.481 e. The van der Waals surface area contributed by atoms with E-state index in [2.05, 4.69) is 4.99 Å². The van der Waals surface area contributed by atoms with Gasteiger partial charge in [0.1, 0.15) is 18.2 Å². The zero-order valence-corrected chi connectivity index (χ0v) is 19.9. The van der Waals surface area contributed by atoms with Gasteiger partial charge in [0.15, 0.2) is 0 Å². The predicted octanol–water partition coefficient (Wildman–Crippen LogP) is 4.73. The predicted molar refractivity (Wildman–Crippen MR) is 130 cm³/mol. The zero-order chi connectivity index (χ0) is 24.7. The Kier molecular flexibility index (Phi) is 8.76. The van der Waals surface area contributed by atoms with Crippen molar-refractivity contribution < 1.29 is 28.9 Å². The number of esters is 1. The Bertz CT molecular complexity index is 1120. The Hall–Kier alpha value is -3.26. The van der Waals surface area contributed by atoms with Crippen molar-refractivity contribution in [2.45, 2.75) is 19.1 Å². The maximum absolute atomic E-state index is 13.4. The summed E-state index contributed by atoms with van der Waals surface area (Å²) in [4.78, 5) is 30.1. The van der Waals surface area contributed by atoms with E-state index in [0.29, 0.717) is 16.3 Å². The number of rotatable bonds is 9. The Labute approximate surface area is 203 Å². The number of carboxylic acid groups (broad SMARTS) is 1.